The average Bonchev–Trinajstić information content (AvgIpc) is 0.667. The SMILES string of the molecule is C/C=C(\C)C(=O)O[C@H]1[C@H](OC(=O)/C(C)=C/C)[C@]2(CO)[C@H](O)[C@H](O)[C@]3(C)C(=CC[C@@H]4[C@@]5(C)CC[C@H](O[C@@H]6O[C@H](C(=O)O)[C@@H](O)[C@H](O[C@@H]7OC[C@H](O)[C@H](O)[C@H]7O[C@@H]7OC[C@@H](O)[C@H](O)[C@H]7O)[C@H]6O[C@@H]6O[C@H](CO)[C@H](O)[C@H](O)[C@H]6O)C(C)(C)[C@@H]5CC[C@]43C)[C@@H]2CC1(C)C. The van der Waals surface area contributed by atoms with Gasteiger partial charge in [0.2, 0.25) is 0 Å². The van der Waals surface area contributed by atoms with Crippen molar-refractivity contribution in [3.63, 3.8) is 0 Å². The molecule has 30 atom stereocenters. The zero-order valence-corrected chi connectivity index (χ0v) is 52.4. The Bertz CT molecular complexity index is 2660. The van der Waals surface area contributed by atoms with Crippen molar-refractivity contribution in [3.8, 4) is 0 Å². The first kappa shape index (κ1) is 70.1. The number of aliphatic hydroxyl groups excluding tert-OH is 13. The fraction of sp³-hybridized carbons (Fsp3) is 0.855. The van der Waals surface area contributed by atoms with E-state index in [2.05, 4.69) is 19.9 Å². The maximum atomic E-state index is 13.9. The number of carbonyl (C=O) groups is 3. The van der Waals surface area contributed by atoms with E-state index in [0.717, 1.165) is 5.57 Å². The Labute approximate surface area is 517 Å². The van der Waals surface area contributed by atoms with E-state index in [1.54, 1.807) is 39.8 Å². The summed E-state index contributed by atoms with van der Waals surface area (Å²) >= 11 is 0. The second-order valence-electron chi connectivity index (χ2n) is 28.4. The summed E-state index contributed by atoms with van der Waals surface area (Å²) < 4.78 is 61.2. The quantitative estimate of drug-likeness (QED) is 0.0393. The smallest absolute Gasteiger partial charge is 0.335 e. The Morgan fingerprint density at radius 3 is 1.78 bits per heavy atom. The Morgan fingerprint density at radius 2 is 1.18 bits per heavy atom. The molecule has 0 amide bonds. The summed E-state index contributed by atoms with van der Waals surface area (Å²) in [4.78, 5) is 40.7. The molecule has 4 saturated heterocycles. The van der Waals surface area contributed by atoms with Gasteiger partial charge in [0.15, 0.2) is 37.4 Å². The predicted octanol–water partition coefficient (Wildman–Crippen LogP) is -1.27. The molecule has 9 rings (SSSR count). The van der Waals surface area contributed by atoms with Gasteiger partial charge in [-0.1, -0.05) is 72.3 Å². The first-order chi connectivity index (χ1) is 41.6. The number of carboxylic acid groups (broad SMARTS) is 1. The summed E-state index contributed by atoms with van der Waals surface area (Å²) in [6.45, 7) is 17.7. The molecule has 27 nitrogen and oxygen atoms in total. The lowest BCUT2D eigenvalue weighted by atomic mass is 9.32. The van der Waals surface area contributed by atoms with Crippen LogP contribution in [-0.4, -0.2) is 257 Å². The van der Waals surface area contributed by atoms with Crippen LogP contribution in [0.5, 0.6) is 0 Å². The number of carbonyl (C=O) groups excluding carboxylic acids is 2. The molecule has 0 unspecified atom stereocenters. The molecule has 0 radical (unpaired) electrons. The molecule has 0 bridgehead atoms. The zero-order valence-electron chi connectivity index (χ0n) is 52.4. The fourth-order valence-electron chi connectivity index (χ4n) is 17.3. The molecule has 9 aliphatic rings. The van der Waals surface area contributed by atoms with Gasteiger partial charge in [-0.3, -0.25) is 0 Å². The van der Waals surface area contributed by atoms with Crippen LogP contribution < -0.4 is 0 Å². The third-order valence-electron chi connectivity index (χ3n) is 23.0. The summed E-state index contributed by atoms with van der Waals surface area (Å²) in [7, 11) is 0. The monoisotopic (exact) mass is 1270 g/mol. The molecule has 89 heavy (non-hydrogen) atoms. The van der Waals surface area contributed by atoms with Crippen LogP contribution in [-0.2, 0) is 61.8 Å². The van der Waals surface area contributed by atoms with Gasteiger partial charge in [0.1, 0.15) is 85.5 Å². The first-order valence-corrected chi connectivity index (χ1v) is 31.1. The van der Waals surface area contributed by atoms with E-state index in [-0.39, 0.29) is 30.3 Å². The summed E-state index contributed by atoms with van der Waals surface area (Å²) in [5.41, 5.74) is -4.71. The van der Waals surface area contributed by atoms with Gasteiger partial charge in [-0.25, -0.2) is 14.4 Å². The maximum Gasteiger partial charge on any atom is 0.335 e. The topological polar surface area (TPSA) is 427 Å². The number of hydrogen-bond acceptors (Lipinski definition) is 26. The fourth-order valence-corrected chi connectivity index (χ4v) is 17.3. The lowest BCUT2D eigenvalue weighted by Crippen LogP contribution is -2.76. The summed E-state index contributed by atoms with van der Waals surface area (Å²) in [5, 5.41) is 157. The van der Waals surface area contributed by atoms with Gasteiger partial charge in [-0.05, 0) is 100 Å². The predicted molar refractivity (Wildman–Crippen MR) is 303 cm³/mol. The first-order valence-electron chi connectivity index (χ1n) is 31.1. The molecular weight excluding hydrogens is 1180 g/mol. The van der Waals surface area contributed by atoms with Crippen molar-refractivity contribution in [2.24, 2.45) is 50.2 Å². The number of ether oxygens (including phenoxy) is 10. The normalized spacial score (nSPS) is 49.8. The highest BCUT2D eigenvalue weighted by Crippen LogP contribution is 2.76. The van der Waals surface area contributed by atoms with Crippen molar-refractivity contribution in [1.82, 2.24) is 0 Å². The van der Waals surface area contributed by atoms with E-state index in [1.807, 2.05) is 34.6 Å². The van der Waals surface area contributed by atoms with Crippen LogP contribution >= 0.6 is 0 Å². The van der Waals surface area contributed by atoms with Crippen LogP contribution in [0.3, 0.4) is 0 Å². The number of allylic oxidation sites excluding steroid dienone is 3. The molecule has 4 saturated carbocycles. The van der Waals surface area contributed by atoms with E-state index in [4.69, 9.17) is 47.4 Å². The van der Waals surface area contributed by atoms with E-state index in [9.17, 15) is 85.9 Å². The molecule has 0 aromatic rings. The molecule has 14 N–H and O–H groups in total. The van der Waals surface area contributed by atoms with E-state index in [0.29, 0.717) is 31.3 Å². The third-order valence-corrected chi connectivity index (χ3v) is 23.0. The minimum absolute atomic E-state index is 0.197. The molecule has 0 aromatic heterocycles. The number of aliphatic hydroxyl groups is 13. The van der Waals surface area contributed by atoms with Gasteiger partial charge in [-0.2, -0.15) is 0 Å². The van der Waals surface area contributed by atoms with Crippen LogP contribution in [0.2, 0.25) is 0 Å². The number of rotatable bonds is 15. The van der Waals surface area contributed by atoms with Crippen molar-refractivity contribution in [3.05, 3.63) is 34.9 Å². The molecule has 4 heterocycles. The minimum Gasteiger partial charge on any atom is -0.479 e. The van der Waals surface area contributed by atoms with Crippen LogP contribution in [0.4, 0.5) is 0 Å². The zero-order chi connectivity index (χ0) is 65.7. The molecule has 4 aliphatic heterocycles. The van der Waals surface area contributed by atoms with Gasteiger partial charge in [0.25, 0.3) is 0 Å². The van der Waals surface area contributed by atoms with E-state index < -0.39 is 224 Å². The Balaban J connectivity index is 1.05. The third kappa shape index (κ3) is 11.5. The van der Waals surface area contributed by atoms with Gasteiger partial charge < -0.3 is 119 Å². The maximum absolute atomic E-state index is 13.9. The van der Waals surface area contributed by atoms with E-state index >= 15 is 0 Å². The lowest BCUT2D eigenvalue weighted by Gasteiger charge is -2.73. The van der Waals surface area contributed by atoms with Crippen molar-refractivity contribution in [2.45, 2.75) is 256 Å². The molecule has 0 spiro atoms. The number of fused-ring (bicyclic) bond motifs is 7. The van der Waals surface area contributed by atoms with Crippen LogP contribution in [0.15, 0.2) is 34.9 Å². The minimum atomic E-state index is -2.24. The van der Waals surface area contributed by atoms with Crippen molar-refractivity contribution in [1.29, 1.82) is 0 Å². The van der Waals surface area contributed by atoms with Gasteiger partial charge in [0, 0.05) is 22.0 Å². The van der Waals surface area contributed by atoms with Crippen LogP contribution in [0.1, 0.15) is 115 Å². The summed E-state index contributed by atoms with van der Waals surface area (Å²) in [6, 6.07) is 0. The number of esters is 2. The highest BCUT2D eigenvalue weighted by atomic mass is 16.8. The summed E-state index contributed by atoms with van der Waals surface area (Å²) in [5.74, 6) is -4.23. The molecule has 506 valence electrons. The van der Waals surface area contributed by atoms with Crippen molar-refractivity contribution < 1.29 is 133 Å². The highest BCUT2D eigenvalue weighted by Gasteiger charge is 2.76. The van der Waals surface area contributed by atoms with Gasteiger partial charge in [0.05, 0.1) is 50.2 Å². The number of hydrogen-bond donors (Lipinski definition) is 14. The Morgan fingerprint density at radius 1 is 0.607 bits per heavy atom. The van der Waals surface area contributed by atoms with Crippen LogP contribution in [0, 0.1) is 50.2 Å². The number of carboxylic acids is 1. The highest BCUT2D eigenvalue weighted by molar-refractivity contribution is 5.89. The Kier molecular flexibility index (Phi) is 20.4. The van der Waals surface area contributed by atoms with Crippen LogP contribution in [0.25, 0.3) is 0 Å². The molecular formula is C62H96O27. The number of aliphatic carboxylic acids is 1. The van der Waals surface area contributed by atoms with Gasteiger partial charge in [-0.15, -0.1) is 0 Å². The molecule has 0 aromatic carbocycles. The van der Waals surface area contributed by atoms with Gasteiger partial charge >= 0.3 is 17.9 Å². The molecule has 5 aliphatic carbocycles. The second kappa shape index (κ2) is 25.8. The second-order valence-corrected chi connectivity index (χ2v) is 28.4. The van der Waals surface area contributed by atoms with Crippen molar-refractivity contribution >= 4 is 17.9 Å². The van der Waals surface area contributed by atoms with E-state index in [1.165, 1.54) is 0 Å². The van der Waals surface area contributed by atoms with Crippen molar-refractivity contribution in [2.75, 3.05) is 26.4 Å². The Hall–Kier alpha value is -3.21. The summed E-state index contributed by atoms with van der Waals surface area (Å²) in [6.07, 6.45) is -33.0. The average molecular weight is 1270 g/mol. The largest absolute Gasteiger partial charge is 0.479 e. The lowest BCUT2D eigenvalue weighted by molar-refractivity contribution is -0.399. The standard InChI is InChI=1S/C62H96O27/c1-12-25(3)51(78)88-48-49(89-52(79)26(4)13-2)62(24-64)28(20-57(48,5)6)27-14-15-33-59(9)18-17-34(58(7,8)32(59)16-19-60(33,10)61(27,11)46(74)47(62)75)83-56-45(87-54-40(72)38(70)37(69)31(21-63)82-54)42(41(73)43(85-56)50(76)77)84-55-44(36(68)30(66)23-81-55)86-53-39(71)35(67)29(65)22-80-53/h12-14,28-49,53-56,63-75H,15-24H2,1-11H3,(H,76,77)/b25-12+,26-13+/t28-,29+,30-,31+,32-,33+,34-,35-,36-,37-,38-,39+,40+,41-,42-,43-,44+,45+,46-,47+,48-,49-,53-,54-,55-,56+,59-,60+,61-,62-/m0/s1. The molecule has 27 heteroatoms. The molecule has 8 fully saturated rings.